The SMILES string of the molecule is O=C(N[C@@H]1C[C@H]2C[C@H]1CN2Cc1cccnc1)c1cccs1. The summed E-state index contributed by atoms with van der Waals surface area (Å²) in [6.45, 7) is 2.05. The normalized spacial score (nSPS) is 27.2. The summed E-state index contributed by atoms with van der Waals surface area (Å²) in [5.74, 6) is 0.678. The van der Waals surface area contributed by atoms with E-state index in [9.17, 15) is 4.79 Å². The lowest BCUT2D eigenvalue weighted by atomic mass is 10.0. The molecule has 3 atom stereocenters. The number of likely N-dealkylation sites (tertiary alicyclic amines) is 1. The van der Waals surface area contributed by atoms with Crippen LogP contribution in [0.5, 0.6) is 0 Å². The molecular formula is C17H19N3OS. The largest absolute Gasteiger partial charge is 0.348 e. The number of fused-ring (bicyclic) bond motifs is 2. The number of amides is 1. The first-order valence-corrected chi connectivity index (χ1v) is 8.65. The first kappa shape index (κ1) is 13.9. The Morgan fingerprint density at radius 3 is 3.00 bits per heavy atom. The van der Waals surface area contributed by atoms with Gasteiger partial charge in [-0.2, -0.15) is 0 Å². The lowest BCUT2D eigenvalue weighted by Gasteiger charge is -2.31. The van der Waals surface area contributed by atoms with E-state index in [1.54, 1.807) is 0 Å². The van der Waals surface area contributed by atoms with E-state index in [2.05, 4.69) is 21.3 Å². The number of rotatable bonds is 4. The molecule has 3 heterocycles. The molecule has 4 nitrogen and oxygen atoms in total. The minimum absolute atomic E-state index is 0.0892. The average Bonchev–Trinajstić information content (AvgIpc) is 3.24. The van der Waals surface area contributed by atoms with Crippen molar-refractivity contribution in [2.24, 2.45) is 5.92 Å². The van der Waals surface area contributed by atoms with Crippen LogP contribution >= 0.6 is 11.3 Å². The Labute approximate surface area is 134 Å². The smallest absolute Gasteiger partial charge is 0.261 e. The number of nitrogens with one attached hydrogen (secondary N) is 1. The highest BCUT2D eigenvalue weighted by Gasteiger charge is 2.44. The van der Waals surface area contributed by atoms with Crippen molar-refractivity contribution in [2.75, 3.05) is 6.54 Å². The summed E-state index contributed by atoms with van der Waals surface area (Å²) in [4.78, 5) is 19.7. The van der Waals surface area contributed by atoms with E-state index in [1.165, 1.54) is 23.3 Å². The van der Waals surface area contributed by atoms with Crippen LogP contribution < -0.4 is 5.32 Å². The van der Waals surface area contributed by atoms with Gasteiger partial charge >= 0.3 is 0 Å². The van der Waals surface area contributed by atoms with Crippen molar-refractivity contribution < 1.29 is 4.79 Å². The highest BCUT2D eigenvalue weighted by Crippen LogP contribution is 2.38. The van der Waals surface area contributed by atoms with Gasteiger partial charge in [-0.25, -0.2) is 0 Å². The molecule has 2 bridgehead atoms. The summed E-state index contributed by atoms with van der Waals surface area (Å²) in [6.07, 6.45) is 6.04. The maximum atomic E-state index is 12.2. The third kappa shape index (κ3) is 2.66. The molecule has 0 aromatic carbocycles. The van der Waals surface area contributed by atoms with Crippen molar-refractivity contribution in [3.8, 4) is 0 Å². The molecule has 1 saturated carbocycles. The molecule has 0 spiro atoms. The summed E-state index contributed by atoms with van der Waals surface area (Å²) in [6, 6.07) is 8.88. The van der Waals surface area contributed by atoms with Crippen molar-refractivity contribution >= 4 is 17.2 Å². The highest BCUT2D eigenvalue weighted by molar-refractivity contribution is 7.12. The van der Waals surface area contributed by atoms with Gasteiger partial charge in [0.2, 0.25) is 0 Å². The minimum atomic E-state index is 0.0892. The van der Waals surface area contributed by atoms with Crippen LogP contribution in [-0.4, -0.2) is 34.4 Å². The molecule has 0 radical (unpaired) electrons. The van der Waals surface area contributed by atoms with Gasteiger partial charge in [-0.3, -0.25) is 14.7 Å². The van der Waals surface area contributed by atoms with Gasteiger partial charge in [0.05, 0.1) is 4.88 Å². The van der Waals surface area contributed by atoms with Crippen molar-refractivity contribution in [1.29, 1.82) is 0 Å². The van der Waals surface area contributed by atoms with Crippen LogP contribution in [0.4, 0.5) is 0 Å². The zero-order chi connectivity index (χ0) is 14.9. The number of carbonyl (C=O) groups excluding carboxylic acids is 1. The summed E-state index contributed by atoms with van der Waals surface area (Å²) in [7, 11) is 0. The third-order valence-electron chi connectivity index (χ3n) is 4.83. The van der Waals surface area contributed by atoms with Gasteiger partial charge in [-0.1, -0.05) is 12.1 Å². The van der Waals surface area contributed by atoms with Gasteiger partial charge in [-0.05, 0) is 41.8 Å². The van der Waals surface area contributed by atoms with Crippen molar-refractivity contribution in [3.63, 3.8) is 0 Å². The second kappa shape index (κ2) is 5.82. The van der Waals surface area contributed by atoms with Crippen LogP contribution in [-0.2, 0) is 6.54 Å². The second-order valence-electron chi connectivity index (χ2n) is 6.23. The number of hydrogen-bond donors (Lipinski definition) is 1. The lowest BCUT2D eigenvalue weighted by Crippen LogP contribution is -2.45. The molecule has 22 heavy (non-hydrogen) atoms. The third-order valence-corrected chi connectivity index (χ3v) is 5.69. The predicted molar refractivity (Wildman–Crippen MR) is 86.7 cm³/mol. The standard InChI is InChI=1S/C17H19N3OS/c21-17(16-4-2-6-22-16)19-15-8-14-7-13(15)11-20(14)10-12-3-1-5-18-9-12/h1-6,9,13-15H,7-8,10-11H2,(H,19,21)/t13-,14+,15+/m0/s1. The molecule has 1 saturated heterocycles. The van der Waals surface area contributed by atoms with Gasteiger partial charge < -0.3 is 5.32 Å². The number of nitrogens with zero attached hydrogens (tertiary/aromatic N) is 2. The summed E-state index contributed by atoms with van der Waals surface area (Å²) >= 11 is 1.51. The van der Waals surface area contributed by atoms with E-state index in [1.807, 2.05) is 36.0 Å². The zero-order valence-corrected chi connectivity index (χ0v) is 13.1. The molecule has 1 N–H and O–H groups in total. The Morgan fingerprint density at radius 1 is 1.36 bits per heavy atom. The number of hydrogen-bond acceptors (Lipinski definition) is 4. The summed E-state index contributed by atoms with van der Waals surface area (Å²) < 4.78 is 0. The molecular weight excluding hydrogens is 294 g/mol. The second-order valence-corrected chi connectivity index (χ2v) is 7.18. The van der Waals surface area contributed by atoms with Gasteiger partial charge in [0.25, 0.3) is 5.91 Å². The molecule has 0 unspecified atom stereocenters. The van der Waals surface area contributed by atoms with Gasteiger partial charge in [0, 0.05) is 37.6 Å². The molecule has 114 valence electrons. The fraction of sp³-hybridized carbons (Fsp3) is 0.412. The van der Waals surface area contributed by atoms with Gasteiger partial charge in [0.1, 0.15) is 0 Å². The number of thiophene rings is 1. The van der Waals surface area contributed by atoms with E-state index >= 15 is 0 Å². The van der Waals surface area contributed by atoms with E-state index < -0.39 is 0 Å². The molecule has 2 aromatic heterocycles. The van der Waals surface area contributed by atoms with Crippen LogP contribution in [0, 0.1) is 5.92 Å². The van der Waals surface area contributed by atoms with Crippen LogP contribution in [0.2, 0.25) is 0 Å². The number of piperidine rings is 1. The maximum absolute atomic E-state index is 12.2. The molecule has 1 aliphatic carbocycles. The van der Waals surface area contributed by atoms with Crippen molar-refractivity contribution in [1.82, 2.24) is 15.2 Å². The molecule has 2 fully saturated rings. The number of aromatic nitrogens is 1. The summed E-state index contributed by atoms with van der Waals surface area (Å²) in [5.41, 5.74) is 1.27. The van der Waals surface area contributed by atoms with E-state index in [4.69, 9.17) is 0 Å². The van der Waals surface area contributed by atoms with E-state index in [-0.39, 0.29) is 5.91 Å². The molecule has 5 heteroatoms. The lowest BCUT2D eigenvalue weighted by molar-refractivity contribution is 0.0908. The highest BCUT2D eigenvalue weighted by atomic mass is 32.1. The van der Waals surface area contributed by atoms with E-state index in [0.29, 0.717) is 18.0 Å². The Kier molecular flexibility index (Phi) is 3.68. The number of carbonyl (C=O) groups is 1. The van der Waals surface area contributed by atoms with Crippen LogP contribution in [0.1, 0.15) is 28.1 Å². The Balaban J connectivity index is 1.35. The first-order chi connectivity index (χ1) is 10.8. The summed E-state index contributed by atoms with van der Waals surface area (Å²) in [5, 5.41) is 5.18. The molecule has 2 aliphatic rings. The number of pyridine rings is 1. The molecule has 4 rings (SSSR count). The Bertz CT molecular complexity index is 643. The fourth-order valence-corrected chi connectivity index (χ4v) is 4.42. The monoisotopic (exact) mass is 313 g/mol. The van der Waals surface area contributed by atoms with Gasteiger partial charge in [0.15, 0.2) is 0 Å². The topological polar surface area (TPSA) is 45.2 Å². The maximum Gasteiger partial charge on any atom is 0.261 e. The fourth-order valence-electron chi connectivity index (χ4n) is 3.79. The van der Waals surface area contributed by atoms with Crippen LogP contribution in [0.25, 0.3) is 0 Å². The zero-order valence-electron chi connectivity index (χ0n) is 12.3. The Hall–Kier alpha value is -1.72. The average molecular weight is 313 g/mol. The quantitative estimate of drug-likeness (QED) is 0.943. The molecule has 1 amide bonds. The van der Waals surface area contributed by atoms with E-state index in [0.717, 1.165) is 24.4 Å². The van der Waals surface area contributed by atoms with Crippen molar-refractivity contribution in [2.45, 2.75) is 31.5 Å². The molecule has 1 aliphatic heterocycles. The van der Waals surface area contributed by atoms with Crippen LogP contribution in [0.3, 0.4) is 0 Å². The van der Waals surface area contributed by atoms with Gasteiger partial charge in [-0.15, -0.1) is 11.3 Å². The van der Waals surface area contributed by atoms with Crippen LogP contribution in [0.15, 0.2) is 42.0 Å². The Morgan fingerprint density at radius 2 is 2.32 bits per heavy atom. The minimum Gasteiger partial charge on any atom is -0.348 e. The predicted octanol–water partition coefficient (Wildman–Crippen LogP) is 2.54. The van der Waals surface area contributed by atoms with Crippen molar-refractivity contribution in [3.05, 3.63) is 52.5 Å². The molecule has 2 aromatic rings. The first-order valence-electron chi connectivity index (χ1n) is 7.77.